The molecule has 54 heavy (non-hydrogen) atoms. The van der Waals surface area contributed by atoms with Crippen LogP contribution < -0.4 is 4.90 Å². The Kier molecular flexibility index (Phi) is 7.85. The third-order valence-corrected chi connectivity index (χ3v) is 10.5. The number of hydrogen-bond donors (Lipinski definition) is 0. The first kappa shape index (κ1) is 31.6. The third-order valence-electron chi connectivity index (χ3n) is 10.5. The first-order valence-corrected chi connectivity index (χ1v) is 18.4. The zero-order valence-corrected chi connectivity index (χ0v) is 29.6. The van der Waals surface area contributed by atoms with Crippen LogP contribution in [0.5, 0.6) is 0 Å². The summed E-state index contributed by atoms with van der Waals surface area (Å²) in [6.07, 6.45) is 0. The highest BCUT2D eigenvalue weighted by atomic mass is 16.3. The molecule has 0 aliphatic heterocycles. The second-order valence-corrected chi connectivity index (χ2v) is 13.7. The zero-order chi connectivity index (χ0) is 35.8. The summed E-state index contributed by atoms with van der Waals surface area (Å²) in [5.41, 5.74) is 14.4. The summed E-state index contributed by atoms with van der Waals surface area (Å²) in [5.74, 6) is 0. The number of benzene rings is 9. The van der Waals surface area contributed by atoms with Gasteiger partial charge in [0.05, 0.1) is 11.4 Å². The van der Waals surface area contributed by atoms with Gasteiger partial charge in [-0.25, -0.2) is 0 Å². The van der Waals surface area contributed by atoms with E-state index in [0.717, 1.165) is 55.7 Å². The minimum absolute atomic E-state index is 0.873. The first-order valence-electron chi connectivity index (χ1n) is 18.4. The van der Waals surface area contributed by atoms with Gasteiger partial charge in [-0.05, 0) is 86.6 Å². The SMILES string of the molecule is c1ccc(-c2ccc(N(c3ccc4oc5ccccc5c4c3)c3ccccc3-c3cccc4cccc(-c5ccccc5)c34)c(-c3ccccc3)c2)cc1. The summed E-state index contributed by atoms with van der Waals surface area (Å²) in [4.78, 5) is 2.44. The van der Waals surface area contributed by atoms with Crippen molar-refractivity contribution >= 4 is 49.8 Å². The summed E-state index contributed by atoms with van der Waals surface area (Å²) >= 11 is 0. The van der Waals surface area contributed by atoms with E-state index < -0.39 is 0 Å². The average Bonchev–Trinajstić information content (AvgIpc) is 3.63. The fourth-order valence-electron chi connectivity index (χ4n) is 7.97. The molecule has 0 aliphatic rings. The molecule has 10 rings (SSSR count). The van der Waals surface area contributed by atoms with Gasteiger partial charge in [0, 0.05) is 27.6 Å². The minimum Gasteiger partial charge on any atom is -0.456 e. The van der Waals surface area contributed by atoms with Gasteiger partial charge < -0.3 is 9.32 Å². The second-order valence-electron chi connectivity index (χ2n) is 13.7. The van der Waals surface area contributed by atoms with E-state index >= 15 is 0 Å². The van der Waals surface area contributed by atoms with Crippen molar-refractivity contribution in [3.05, 3.63) is 212 Å². The van der Waals surface area contributed by atoms with Gasteiger partial charge in [-0.15, -0.1) is 0 Å². The Hall–Kier alpha value is -7.16. The molecule has 0 N–H and O–H groups in total. The summed E-state index contributed by atoms with van der Waals surface area (Å²) in [6, 6.07) is 76.0. The maximum absolute atomic E-state index is 6.33. The van der Waals surface area contributed by atoms with E-state index in [1.54, 1.807) is 0 Å². The molecule has 1 aromatic heterocycles. The highest BCUT2D eigenvalue weighted by Crippen LogP contribution is 2.48. The Morgan fingerprint density at radius 2 is 0.889 bits per heavy atom. The fourth-order valence-corrected chi connectivity index (χ4v) is 7.97. The van der Waals surface area contributed by atoms with Crippen LogP contribution in [-0.4, -0.2) is 0 Å². The van der Waals surface area contributed by atoms with Crippen LogP contribution in [0, 0.1) is 0 Å². The molecule has 10 aromatic rings. The van der Waals surface area contributed by atoms with Gasteiger partial charge in [-0.2, -0.15) is 0 Å². The standard InChI is InChI=1S/C52H35NO/c1-4-16-36(17-5-1)40-30-32-49(46(34-40)38-20-8-3-9-21-38)53(41-31-33-51-47(35-41)44-25-11-13-29-50(44)54-51)48-28-12-10-24-43(48)45-27-15-23-39-22-14-26-42(52(39)45)37-18-6-2-7-19-37/h1-35H. The molecule has 0 amide bonds. The number of furan rings is 1. The molecule has 0 spiro atoms. The molecule has 0 radical (unpaired) electrons. The van der Waals surface area contributed by atoms with Gasteiger partial charge in [-0.1, -0.05) is 170 Å². The van der Waals surface area contributed by atoms with Crippen LogP contribution in [-0.2, 0) is 0 Å². The molecule has 9 aromatic carbocycles. The average molecular weight is 690 g/mol. The molecule has 2 heteroatoms. The van der Waals surface area contributed by atoms with Crippen molar-refractivity contribution in [3.8, 4) is 44.5 Å². The maximum atomic E-state index is 6.33. The van der Waals surface area contributed by atoms with Gasteiger partial charge >= 0.3 is 0 Å². The number of nitrogens with zero attached hydrogens (tertiary/aromatic N) is 1. The van der Waals surface area contributed by atoms with Crippen LogP contribution in [0.4, 0.5) is 17.1 Å². The Bertz CT molecular complexity index is 2920. The zero-order valence-electron chi connectivity index (χ0n) is 29.6. The van der Waals surface area contributed by atoms with Gasteiger partial charge in [0.15, 0.2) is 0 Å². The molecule has 254 valence electrons. The summed E-state index contributed by atoms with van der Waals surface area (Å²) in [7, 11) is 0. The van der Waals surface area contributed by atoms with Crippen molar-refractivity contribution in [1.29, 1.82) is 0 Å². The van der Waals surface area contributed by atoms with E-state index in [4.69, 9.17) is 4.42 Å². The van der Waals surface area contributed by atoms with Crippen LogP contribution in [0.15, 0.2) is 217 Å². The smallest absolute Gasteiger partial charge is 0.135 e. The topological polar surface area (TPSA) is 16.4 Å². The quantitative estimate of drug-likeness (QED) is 0.166. The van der Waals surface area contributed by atoms with E-state index in [1.807, 2.05) is 12.1 Å². The van der Waals surface area contributed by atoms with E-state index in [1.165, 1.54) is 38.6 Å². The van der Waals surface area contributed by atoms with Gasteiger partial charge in [0.1, 0.15) is 11.2 Å². The monoisotopic (exact) mass is 689 g/mol. The van der Waals surface area contributed by atoms with Gasteiger partial charge in [0.2, 0.25) is 0 Å². The normalized spacial score (nSPS) is 11.3. The van der Waals surface area contributed by atoms with E-state index in [9.17, 15) is 0 Å². The lowest BCUT2D eigenvalue weighted by atomic mass is 9.90. The molecule has 0 unspecified atom stereocenters. The Morgan fingerprint density at radius 3 is 1.65 bits per heavy atom. The highest BCUT2D eigenvalue weighted by molar-refractivity contribution is 6.10. The predicted octanol–water partition coefficient (Wildman–Crippen LogP) is 14.9. The molecular formula is C52H35NO. The van der Waals surface area contributed by atoms with Crippen molar-refractivity contribution < 1.29 is 4.42 Å². The third kappa shape index (κ3) is 5.53. The number of hydrogen-bond acceptors (Lipinski definition) is 2. The largest absolute Gasteiger partial charge is 0.456 e. The Balaban J connectivity index is 1.27. The van der Waals surface area contributed by atoms with Crippen molar-refractivity contribution in [1.82, 2.24) is 0 Å². The maximum Gasteiger partial charge on any atom is 0.135 e. The van der Waals surface area contributed by atoms with E-state index in [2.05, 4.69) is 205 Å². The highest BCUT2D eigenvalue weighted by Gasteiger charge is 2.23. The van der Waals surface area contributed by atoms with Crippen molar-refractivity contribution in [2.24, 2.45) is 0 Å². The number of rotatable bonds is 7. The molecule has 0 saturated carbocycles. The lowest BCUT2D eigenvalue weighted by molar-refractivity contribution is 0.669. The van der Waals surface area contributed by atoms with Gasteiger partial charge in [0.25, 0.3) is 0 Å². The fraction of sp³-hybridized carbons (Fsp3) is 0. The molecule has 0 atom stereocenters. The van der Waals surface area contributed by atoms with Crippen molar-refractivity contribution in [2.75, 3.05) is 4.90 Å². The molecule has 0 fully saturated rings. The molecule has 1 heterocycles. The second kappa shape index (κ2) is 13.4. The van der Waals surface area contributed by atoms with E-state index in [-0.39, 0.29) is 0 Å². The minimum atomic E-state index is 0.873. The Morgan fingerprint density at radius 1 is 0.315 bits per heavy atom. The van der Waals surface area contributed by atoms with Crippen LogP contribution in [0.25, 0.3) is 77.2 Å². The molecule has 2 nitrogen and oxygen atoms in total. The van der Waals surface area contributed by atoms with Crippen LogP contribution in [0.1, 0.15) is 0 Å². The van der Waals surface area contributed by atoms with Crippen LogP contribution >= 0.6 is 0 Å². The number of anilines is 3. The molecule has 0 saturated heterocycles. The lowest BCUT2D eigenvalue weighted by Crippen LogP contribution is -2.12. The summed E-state index contributed by atoms with van der Waals surface area (Å²) < 4.78 is 6.33. The van der Waals surface area contributed by atoms with Gasteiger partial charge in [-0.3, -0.25) is 0 Å². The number of fused-ring (bicyclic) bond motifs is 4. The van der Waals surface area contributed by atoms with E-state index in [0.29, 0.717) is 0 Å². The first-order chi connectivity index (χ1) is 26.8. The molecular weight excluding hydrogens is 655 g/mol. The number of para-hydroxylation sites is 2. The molecule has 0 bridgehead atoms. The molecule has 0 aliphatic carbocycles. The Labute approximate surface area is 314 Å². The summed E-state index contributed by atoms with van der Waals surface area (Å²) in [6.45, 7) is 0. The van der Waals surface area contributed by atoms with Crippen molar-refractivity contribution in [2.45, 2.75) is 0 Å². The lowest BCUT2D eigenvalue weighted by Gasteiger charge is -2.30. The van der Waals surface area contributed by atoms with Crippen LogP contribution in [0.2, 0.25) is 0 Å². The predicted molar refractivity (Wildman–Crippen MR) is 228 cm³/mol. The van der Waals surface area contributed by atoms with Crippen LogP contribution in [0.3, 0.4) is 0 Å². The summed E-state index contributed by atoms with van der Waals surface area (Å²) in [5, 5.41) is 4.63. The van der Waals surface area contributed by atoms with Crippen molar-refractivity contribution in [3.63, 3.8) is 0 Å².